The Hall–Kier alpha value is -1.97. The van der Waals surface area contributed by atoms with Crippen LogP contribution < -0.4 is 5.73 Å². The van der Waals surface area contributed by atoms with Gasteiger partial charge in [0, 0.05) is 29.7 Å². The molecule has 0 saturated heterocycles. The number of amides is 1. The highest BCUT2D eigenvalue weighted by molar-refractivity contribution is 5.98. The number of nitrogens with one attached hydrogen (secondary N) is 1. The molecule has 2 aromatic rings. The molecule has 1 aromatic heterocycles. The van der Waals surface area contributed by atoms with Gasteiger partial charge >= 0.3 is 0 Å². The number of hydrogen-bond acceptors (Lipinski definition) is 2. The van der Waals surface area contributed by atoms with Crippen molar-refractivity contribution in [1.82, 2.24) is 9.88 Å². The topological polar surface area (TPSA) is 62.1 Å². The van der Waals surface area contributed by atoms with Crippen LogP contribution in [0.25, 0.3) is 10.9 Å². The lowest BCUT2D eigenvalue weighted by molar-refractivity contribution is 0.0757. The summed E-state index contributed by atoms with van der Waals surface area (Å²) in [4.78, 5) is 17.4. The van der Waals surface area contributed by atoms with Crippen molar-refractivity contribution < 1.29 is 4.79 Å². The molecule has 1 aromatic carbocycles. The van der Waals surface area contributed by atoms with Gasteiger partial charge < -0.3 is 15.6 Å². The van der Waals surface area contributed by atoms with Crippen LogP contribution in [0.2, 0.25) is 0 Å². The zero-order valence-electron chi connectivity index (χ0n) is 11.6. The first-order valence-corrected chi connectivity index (χ1v) is 6.83. The Morgan fingerprint density at radius 2 is 2.11 bits per heavy atom. The molecule has 0 saturated carbocycles. The summed E-state index contributed by atoms with van der Waals surface area (Å²) >= 11 is 0. The second-order valence-electron chi connectivity index (χ2n) is 4.77. The Labute approximate surface area is 113 Å². The van der Waals surface area contributed by atoms with Crippen LogP contribution in [0.5, 0.6) is 0 Å². The van der Waals surface area contributed by atoms with Gasteiger partial charge in [-0.3, -0.25) is 4.79 Å². The van der Waals surface area contributed by atoms with E-state index in [9.17, 15) is 4.79 Å². The van der Waals surface area contributed by atoms with Crippen LogP contribution >= 0.6 is 0 Å². The minimum atomic E-state index is 0.0609. The summed E-state index contributed by atoms with van der Waals surface area (Å²) in [6.45, 7) is 5.68. The third-order valence-electron chi connectivity index (χ3n) is 3.33. The number of carbonyl (C=O) groups excluding carboxylic acids is 1. The second-order valence-corrected chi connectivity index (χ2v) is 4.77. The zero-order valence-corrected chi connectivity index (χ0v) is 11.6. The average Bonchev–Trinajstić information content (AvgIpc) is 2.82. The Morgan fingerprint density at radius 1 is 1.32 bits per heavy atom. The number of aromatic amines is 1. The molecule has 0 aliphatic rings. The lowest BCUT2D eigenvalue weighted by atomic mass is 10.2. The van der Waals surface area contributed by atoms with Gasteiger partial charge in [-0.2, -0.15) is 0 Å². The van der Waals surface area contributed by atoms with Gasteiger partial charge in [-0.05, 0) is 37.6 Å². The second kappa shape index (κ2) is 5.78. The highest BCUT2D eigenvalue weighted by Crippen LogP contribution is 2.19. The predicted octanol–water partition coefficient (Wildman–Crippen LogP) is 3.01. The van der Waals surface area contributed by atoms with Crippen molar-refractivity contribution >= 4 is 22.5 Å². The molecule has 1 heterocycles. The minimum Gasteiger partial charge on any atom is -0.399 e. The maximum atomic E-state index is 12.4. The van der Waals surface area contributed by atoms with Crippen molar-refractivity contribution in [2.24, 2.45) is 0 Å². The first-order chi connectivity index (χ1) is 9.15. The number of rotatable bonds is 5. The summed E-state index contributed by atoms with van der Waals surface area (Å²) in [5.41, 5.74) is 8.05. The Bertz CT molecular complexity index is 574. The van der Waals surface area contributed by atoms with E-state index in [2.05, 4.69) is 11.9 Å². The summed E-state index contributed by atoms with van der Waals surface area (Å²) in [6, 6.07) is 7.50. The third kappa shape index (κ3) is 2.89. The van der Waals surface area contributed by atoms with E-state index in [0.717, 1.165) is 36.8 Å². The van der Waals surface area contributed by atoms with Crippen molar-refractivity contribution in [3.05, 3.63) is 30.0 Å². The molecule has 0 aliphatic carbocycles. The number of fused-ring (bicyclic) bond motifs is 1. The van der Waals surface area contributed by atoms with Gasteiger partial charge in [-0.25, -0.2) is 0 Å². The van der Waals surface area contributed by atoms with Crippen LogP contribution in [0, 0.1) is 0 Å². The van der Waals surface area contributed by atoms with Gasteiger partial charge in [-0.1, -0.05) is 13.3 Å². The molecule has 4 nitrogen and oxygen atoms in total. The molecule has 0 spiro atoms. The predicted molar refractivity (Wildman–Crippen MR) is 79.2 cm³/mol. The number of nitrogen functional groups attached to an aromatic ring is 1. The Kier molecular flexibility index (Phi) is 4.10. The molecule has 0 radical (unpaired) electrons. The standard InChI is InChI=1S/C15H21N3O/c1-3-5-8-18(4-2)15(19)14-10-11-9-12(16)6-7-13(11)17-14/h6-7,9-10,17H,3-5,8,16H2,1-2H3. The van der Waals surface area contributed by atoms with Crippen LogP contribution in [0.3, 0.4) is 0 Å². The van der Waals surface area contributed by atoms with Gasteiger partial charge in [0.25, 0.3) is 5.91 Å². The summed E-state index contributed by atoms with van der Waals surface area (Å²) in [7, 11) is 0. The number of anilines is 1. The van der Waals surface area contributed by atoms with Crippen LogP contribution in [-0.2, 0) is 0 Å². The van der Waals surface area contributed by atoms with Crippen molar-refractivity contribution in [2.45, 2.75) is 26.7 Å². The van der Waals surface area contributed by atoms with E-state index in [4.69, 9.17) is 5.73 Å². The van der Waals surface area contributed by atoms with E-state index in [0.29, 0.717) is 11.4 Å². The zero-order chi connectivity index (χ0) is 13.8. The summed E-state index contributed by atoms with van der Waals surface area (Å²) in [5.74, 6) is 0.0609. The number of nitrogens with two attached hydrogens (primary N) is 1. The maximum Gasteiger partial charge on any atom is 0.270 e. The number of aromatic nitrogens is 1. The molecule has 3 N–H and O–H groups in total. The summed E-state index contributed by atoms with van der Waals surface area (Å²) < 4.78 is 0. The van der Waals surface area contributed by atoms with E-state index < -0.39 is 0 Å². The van der Waals surface area contributed by atoms with Gasteiger partial charge in [0.05, 0.1) is 0 Å². The van der Waals surface area contributed by atoms with Crippen LogP contribution in [0.4, 0.5) is 5.69 Å². The smallest absolute Gasteiger partial charge is 0.270 e. The molecule has 0 atom stereocenters. The molecule has 102 valence electrons. The number of carbonyl (C=O) groups is 1. The van der Waals surface area contributed by atoms with Crippen LogP contribution in [0.1, 0.15) is 37.2 Å². The van der Waals surface area contributed by atoms with E-state index in [1.165, 1.54) is 0 Å². The fraction of sp³-hybridized carbons (Fsp3) is 0.400. The van der Waals surface area contributed by atoms with Crippen molar-refractivity contribution in [1.29, 1.82) is 0 Å². The Morgan fingerprint density at radius 3 is 2.79 bits per heavy atom. The lowest BCUT2D eigenvalue weighted by Crippen LogP contribution is -2.31. The molecular weight excluding hydrogens is 238 g/mol. The number of benzene rings is 1. The fourth-order valence-electron chi connectivity index (χ4n) is 2.19. The highest BCUT2D eigenvalue weighted by Gasteiger charge is 2.15. The SMILES string of the molecule is CCCCN(CC)C(=O)c1cc2cc(N)ccc2[nH]1. The number of H-pyrrole nitrogens is 1. The molecule has 19 heavy (non-hydrogen) atoms. The van der Waals surface area contributed by atoms with E-state index in [1.54, 1.807) is 0 Å². The van der Waals surface area contributed by atoms with Crippen molar-refractivity contribution in [3.8, 4) is 0 Å². The number of unbranched alkanes of at least 4 members (excludes halogenated alkanes) is 1. The first-order valence-electron chi connectivity index (χ1n) is 6.83. The molecule has 1 amide bonds. The molecule has 4 heteroatoms. The fourth-order valence-corrected chi connectivity index (χ4v) is 2.19. The van der Waals surface area contributed by atoms with E-state index in [1.807, 2.05) is 36.1 Å². The molecule has 0 aliphatic heterocycles. The van der Waals surface area contributed by atoms with Gasteiger partial charge in [0.1, 0.15) is 5.69 Å². The van der Waals surface area contributed by atoms with Crippen molar-refractivity contribution in [2.75, 3.05) is 18.8 Å². The van der Waals surface area contributed by atoms with E-state index >= 15 is 0 Å². The monoisotopic (exact) mass is 259 g/mol. The van der Waals surface area contributed by atoms with Crippen LogP contribution in [0.15, 0.2) is 24.3 Å². The summed E-state index contributed by atoms with van der Waals surface area (Å²) in [5, 5.41) is 0.981. The molecule has 0 fully saturated rings. The van der Waals surface area contributed by atoms with Gasteiger partial charge in [0.15, 0.2) is 0 Å². The van der Waals surface area contributed by atoms with Crippen LogP contribution in [-0.4, -0.2) is 28.9 Å². The number of hydrogen-bond donors (Lipinski definition) is 2. The average molecular weight is 259 g/mol. The maximum absolute atomic E-state index is 12.4. The summed E-state index contributed by atoms with van der Waals surface area (Å²) in [6.07, 6.45) is 2.12. The minimum absolute atomic E-state index is 0.0609. The number of nitrogens with zero attached hydrogens (tertiary/aromatic N) is 1. The molecular formula is C15H21N3O. The molecule has 2 rings (SSSR count). The van der Waals surface area contributed by atoms with Gasteiger partial charge in [0.2, 0.25) is 0 Å². The first kappa shape index (κ1) is 13.5. The quantitative estimate of drug-likeness (QED) is 0.811. The normalized spacial score (nSPS) is 10.8. The molecule has 0 unspecified atom stereocenters. The largest absolute Gasteiger partial charge is 0.399 e. The lowest BCUT2D eigenvalue weighted by Gasteiger charge is -2.19. The highest BCUT2D eigenvalue weighted by atomic mass is 16.2. The Balaban J connectivity index is 2.24. The van der Waals surface area contributed by atoms with Gasteiger partial charge in [-0.15, -0.1) is 0 Å². The van der Waals surface area contributed by atoms with E-state index in [-0.39, 0.29) is 5.91 Å². The molecule has 0 bridgehead atoms. The third-order valence-corrected chi connectivity index (χ3v) is 3.33. The van der Waals surface area contributed by atoms with Crippen molar-refractivity contribution in [3.63, 3.8) is 0 Å².